The molecule has 0 heterocycles. The van der Waals surface area contributed by atoms with Gasteiger partial charge in [0.1, 0.15) is 11.5 Å². The van der Waals surface area contributed by atoms with Crippen LogP contribution >= 0.6 is 0 Å². The number of unbranched alkanes of at least 4 members (excludes halogenated alkanes) is 8. The Balaban J connectivity index is 1.87. The molecule has 0 aliphatic carbocycles. The zero-order valence-electron chi connectivity index (χ0n) is 27.1. The third-order valence-corrected chi connectivity index (χ3v) is 8.27. The van der Waals surface area contributed by atoms with Crippen LogP contribution in [0.3, 0.4) is 0 Å². The first-order valence-corrected chi connectivity index (χ1v) is 17.1. The molecule has 2 atom stereocenters. The van der Waals surface area contributed by atoms with Crippen molar-refractivity contribution in [2.75, 3.05) is 13.2 Å². The van der Waals surface area contributed by atoms with E-state index in [0.29, 0.717) is 36.2 Å². The largest absolute Gasteiger partial charge is 0.493 e. The molecule has 2 rings (SSSR count). The molecule has 0 amide bonds. The SMILES string of the molecule is CCCCCCC(CCCC)COc1ccc(C(=O)C(=O)c2ccc(OCC(CCCC)CCCCCC)cc2)cc1. The van der Waals surface area contributed by atoms with Crippen molar-refractivity contribution in [2.45, 2.75) is 130 Å². The average Bonchev–Trinajstić information content (AvgIpc) is 3.03. The van der Waals surface area contributed by atoms with Crippen molar-refractivity contribution in [3.63, 3.8) is 0 Å². The summed E-state index contributed by atoms with van der Waals surface area (Å²) in [7, 11) is 0. The number of carbonyl (C=O) groups excluding carboxylic acids is 2. The molecular formula is C38H58O4. The summed E-state index contributed by atoms with van der Waals surface area (Å²) in [6.07, 6.45) is 19.8. The second kappa shape index (κ2) is 22.0. The van der Waals surface area contributed by atoms with Gasteiger partial charge in [0.2, 0.25) is 11.6 Å². The molecule has 2 aromatic rings. The molecule has 0 saturated heterocycles. The lowest BCUT2D eigenvalue weighted by atomic mass is 9.96. The first-order chi connectivity index (χ1) is 20.5. The van der Waals surface area contributed by atoms with Crippen molar-refractivity contribution < 1.29 is 19.1 Å². The smallest absolute Gasteiger partial charge is 0.233 e. The third kappa shape index (κ3) is 14.0. The molecule has 2 unspecified atom stereocenters. The molecule has 0 spiro atoms. The van der Waals surface area contributed by atoms with E-state index in [1.54, 1.807) is 24.3 Å². The predicted molar refractivity (Wildman–Crippen MR) is 176 cm³/mol. The minimum absolute atomic E-state index is 0.386. The highest BCUT2D eigenvalue weighted by molar-refractivity contribution is 6.49. The Kier molecular flexibility index (Phi) is 18.6. The zero-order valence-corrected chi connectivity index (χ0v) is 27.1. The van der Waals surface area contributed by atoms with E-state index < -0.39 is 11.6 Å². The lowest BCUT2D eigenvalue weighted by Crippen LogP contribution is -2.15. The van der Waals surface area contributed by atoms with E-state index in [1.165, 1.54) is 103 Å². The molecule has 0 saturated carbocycles. The van der Waals surface area contributed by atoms with Crippen LogP contribution in [0.1, 0.15) is 151 Å². The Morgan fingerprint density at radius 1 is 0.476 bits per heavy atom. The summed E-state index contributed by atoms with van der Waals surface area (Å²) in [4.78, 5) is 25.9. The summed E-state index contributed by atoms with van der Waals surface area (Å²) in [6.45, 7) is 10.3. The van der Waals surface area contributed by atoms with Gasteiger partial charge in [-0.15, -0.1) is 0 Å². The van der Waals surface area contributed by atoms with E-state index in [9.17, 15) is 9.59 Å². The predicted octanol–water partition coefficient (Wildman–Crippen LogP) is 11.1. The lowest BCUT2D eigenvalue weighted by molar-refractivity contribution is 0.0817. The van der Waals surface area contributed by atoms with E-state index in [4.69, 9.17) is 9.47 Å². The molecule has 4 nitrogen and oxygen atoms in total. The highest BCUT2D eigenvalue weighted by Gasteiger charge is 2.19. The fraction of sp³-hybridized carbons (Fsp3) is 0.632. The molecule has 42 heavy (non-hydrogen) atoms. The first-order valence-electron chi connectivity index (χ1n) is 17.1. The quantitative estimate of drug-likeness (QED) is 0.0668. The molecule has 2 aromatic carbocycles. The van der Waals surface area contributed by atoms with Gasteiger partial charge in [0.25, 0.3) is 0 Å². The Labute approximate surface area is 257 Å². The molecule has 0 bridgehead atoms. The van der Waals surface area contributed by atoms with Crippen molar-refractivity contribution in [3.8, 4) is 11.5 Å². The molecule has 0 aliphatic rings. The van der Waals surface area contributed by atoms with Gasteiger partial charge in [-0.1, -0.05) is 105 Å². The Morgan fingerprint density at radius 3 is 1.14 bits per heavy atom. The van der Waals surface area contributed by atoms with Crippen molar-refractivity contribution in [2.24, 2.45) is 11.8 Å². The van der Waals surface area contributed by atoms with Gasteiger partial charge in [-0.3, -0.25) is 9.59 Å². The van der Waals surface area contributed by atoms with Gasteiger partial charge in [0, 0.05) is 11.1 Å². The molecule has 0 aliphatic heterocycles. The van der Waals surface area contributed by atoms with E-state index >= 15 is 0 Å². The van der Waals surface area contributed by atoms with Gasteiger partial charge >= 0.3 is 0 Å². The van der Waals surface area contributed by atoms with Gasteiger partial charge in [0.15, 0.2) is 0 Å². The van der Waals surface area contributed by atoms with E-state index in [0.717, 1.165) is 11.5 Å². The lowest BCUT2D eigenvalue weighted by Gasteiger charge is -2.18. The van der Waals surface area contributed by atoms with Gasteiger partial charge in [-0.2, -0.15) is 0 Å². The van der Waals surface area contributed by atoms with Crippen LogP contribution in [-0.2, 0) is 0 Å². The third-order valence-electron chi connectivity index (χ3n) is 8.27. The van der Waals surface area contributed by atoms with E-state index in [1.807, 2.05) is 24.3 Å². The zero-order chi connectivity index (χ0) is 30.4. The van der Waals surface area contributed by atoms with Gasteiger partial charge < -0.3 is 9.47 Å². The summed E-state index contributed by atoms with van der Waals surface area (Å²) in [6, 6.07) is 14.0. The maximum absolute atomic E-state index is 12.9. The van der Waals surface area contributed by atoms with Crippen molar-refractivity contribution in [3.05, 3.63) is 59.7 Å². The van der Waals surface area contributed by atoms with Gasteiger partial charge in [0.05, 0.1) is 13.2 Å². The number of rotatable bonds is 25. The number of ketones is 2. The molecule has 0 N–H and O–H groups in total. The topological polar surface area (TPSA) is 52.6 Å². The summed E-state index contributed by atoms with van der Waals surface area (Å²) >= 11 is 0. The number of benzene rings is 2. The first kappa shape index (κ1) is 35.6. The highest BCUT2D eigenvalue weighted by atomic mass is 16.5. The van der Waals surface area contributed by atoms with Crippen LogP contribution in [-0.4, -0.2) is 24.8 Å². The van der Waals surface area contributed by atoms with Crippen molar-refractivity contribution in [1.29, 1.82) is 0 Å². The average molecular weight is 579 g/mol. The second-order valence-corrected chi connectivity index (χ2v) is 12.0. The Morgan fingerprint density at radius 2 is 0.810 bits per heavy atom. The molecule has 0 aromatic heterocycles. The minimum Gasteiger partial charge on any atom is -0.493 e. The van der Waals surface area contributed by atoms with Crippen LogP contribution in [0.2, 0.25) is 0 Å². The van der Waals surface area contributed by atoms with Crippen LogP contribution in [0, 0.1) is 11.8 Å². The molecule has 234 valence electrons. The molecule has 0 fully saturated rings. The minimum atomic E-state index is -0.501. The van der Waals surface area contributed by atoms with Crippen LogP contribution < -0.4 is 9.47 Å². The summed E-state index contributed by atoms with van der Waals surface area (Å²) in [5.74, 6) is 1.61. The monoisotopic (exact) mass is 578 g/mol. The number of hydrogen-bond acceptors (Lipinski definition) is 4. The summed E-state index contributed by atoms with van der Waals surface area (Å²) in [5, 5.41) is 0. The second-order valence-electron chi connectivity index (χ2n) is 12.0. The molecule has 4 heteroatoms. The number of ether oxygens (including phenoxy) is 2. The van der Waals surface area contributed by atoms with E-state index in [-0.39, 0.29) is 0 Å². The van der Waals surface area contributed by atoms with E-state index in [2.05, 4.69) is 27.7 Å². The maximum atomic E-state index is 12.9. The summed E-state index contributed by atoms with van der Waals surface area (Å²) < 4.78 is 12.2. The number of Topliss-reactive ketones (excluding diaryl/α,β-unsaturated/α-hetero) is 2. The summed E-state index contributed by atoms with van der Waals surface area (Å²) in [5.41, 5.74) is 0.772. The number of hydrogen-bond donors (Lipinski definition) is 0. The normalized spacial score (nSPS) is 12.6. The van der Waals surface area contributed by atoms with Crippen LogP contribution in [0.15, 0.2) is 48.5 Å². The van der Waals surface area contributed by atoms with Crippen LogP contribution in [0.25, 0.3) is 0 Å². The Hall–Kier alpha value is -2.62. The molecule has 0 radical (unpaired) electrons. The standard InChI is InChI=1S/C38H58O4/c1-5-9-13-15-19-31(17-11-7-3)29-41-35-25-21-33(22-26-35)37(39)38(40)34-23-27-36(28-24-34)42-30-32(18-12-8-4)20-16-14-10-6-2/h21-28,31-32H,5-20,29-30H2,1-4H3. The van der Waals surface area contributed by atoms with Crippen LogP contribution in [0.5, 0.6) is 11.5 Å². The number of carbonyl (C=O) groups is 2. The highest BCUT2D eigenvalue weighted by Crippen LogP contribution is 2.23. The van der Waals surface area contributed by atoms with Crippen molar-refractivity contribution in [1.82, 2.24) is 0 Å². The maximum Gasteiger partial charge on any atom is 0.233 e. The molecular weight excluding hydrogens is 520 g/mol. The van der Waals surface area contributed by atoms with Crippen LogP contribution in [0.4, 0.5) is 0 Å². The van der Waals surface area contributed by atoms with Gasteiger partial charge in [-0.05, 0) is 86.1 Å². The van der Waals surface area contributed by atoms with Gasteiger partial charge in [-0.25, -0.2) is 0 Å². The van der Waals surface area contributed by atoms with Crippen molar-refractivity contribution >= 4 is 11.6 Å². The fourth-order valence-electron chi connectivity index (χ4n) is 5.42. The Bertz CT molecular complexity index is 898. The fourth-order valence-corrected chi connectivity index (χ4v) is 5.42.